The first kappa shape index (κ1) is 19.8. The summed E-state index contributed by atoms with van der Waals surface area (Å²) in [6.07, 6.45) is 2.43. The number of halogens is 1. The van der Waals surface area contributed by atoms with Gasteiger partial charge < -0.3 is 19.9 Å². The van der Waals surface area contributed by atoms with Crippen LogP contribution in [0, 0.1) is 0 Å². The predicted octanol–water partition coefficient (Wildman–Crippen LogP) is 3.06. The number of nitrogens with one attached hydrogen (secondary N) is 2. The molecule has 9 heteroatoms. The van der Waals surface area contributed by atoms with Crippen molar-refractivity contribution in [2.75, 3.05) is 30.6 Å². The molecule has 4 rings (SSSR count). The summed E-state index contributed by atoms with van der Waals surface area (Å²) in [5, 5.41) is 7.55. The van der Waals surface area contributed by atoms with E-state index >= 15 is 0 Å². The number of fused-ring (bicyclic) bond motifs is 1. The zero-order chi connectivity index (χ0) is 20.6. The van der Waals surface area contributed by atoms with Gasteiger partial charge in [0.15, 0.2) is 5.82 Å². The summed E-state index contributed by atoms with van der Waals surface area (Å²) < 4.78 is 18.4. The number of hydrogen-bond donors (Lipinski definition) is 2. The first-order valence-electron chi connectivity index (χ1n) is 9.29. The Morgan fingerprint density at radius 3 is 2.72 bits per heavy atom. The van der Waals surface area contributed by atoms with Crippen molar-refractivity contribution in [3.63, 3.8) is 0 Å². The lowest BCUT2D eigenvalue weighted by Gasteiger charge is -2.16. The van der Waals surface area contributed by atoms with Crippen LogP contribution >= 0.6 is 18.7 Å². The van der Waals surface area contributed by atoms with Gasteiger partial charge in [0, 0.05) is 11.7 Å². The Morgan fingerprint density at radius 1 is 1.14 bits per heavy atom. The van der Waals surface area contributed by atoms with Gasteiger partial charge in [-0.25, -0.2) is 4.98 Å². The lowest BCUT2D eigenvalue weighted by atomic mass is 9.89. The molecule has 2 heterocycles. The SMILES string of the molecule is Bc1ccc(Nc2ncc(Cl)c(Nc3ccccc3P(C)(C)=O)n2)c2c1CCO2. The van der Waals surface area contributed by atoms with Gasteiger partial charge in [-0.05, 0) is 37.1 Å². The van der Waals surface area contributed by atoms with E-state index in [0.29, 0.717) is 29.1 Å². The molecule has 0 atom stereocenters. The molecule has 0 saturated heterocycles. The van der Waals surface area contributed by atoms with Crippen molar-refractivity contribution in [3.05, 3.63) is 53.2 Å². The van der Waals surface area contributed by atoms with E-state index in [9.17, 15) is 4.57 Å². The molecule has 0 spiro atoms. The summed E-state index contributed by atoms with van der Waals surface area (Å²) in [5.41, 5.74) is 3.95. The lowest BCUT2D eigenvalue weighted by Crippen LogP contribution is -2.11. The van der Waals surface area contributed by atoms with Gasteiger partial charge in [-0.1, -0.05) is 35.3 Å². The molecule has 1 aliphatic heterocycles. The first-order valence-corrected chi connectivity index (χ1v) is 12.3. The van der Waals surface area contributed by atoms with Crippen molar-refractivity contribution < 1.29 is 9.30 Å². The largest absolute Gasteiger partial charge is 0.491 e. The highest BCUT2D eigenvalue weighted by Gasteiger charge is 2.20. The number of anilines is 4. The maximum absolute atomic E-state index is 12.6. The third-order valence-electron chi connectivity index (χ3n) is 4.82. The highest BCUT2D eigenvalue weighted by atomic mass is 35.5. The molecule has 6 nitrogen and oxygen atoms in total. The molecule has 1 aliphatic rings. The smallest absolute Gasteiger partial charge is 0.229 e. The molecule has 1 aromatic heterocycles. The summed E-state index contributed by atoms with van der Waals surface area (Å²) in [7, 11) is -0.390. The van der Waals surface area contributed by atoms with E-state index in [1.54, 1.807) is 13.3 Å². The van der Waals surface area contributed by atoms with Gasteiger partial charge in [0.05, 0.1) is 24.2 Å². The molecular weight excluding hydrogens is 405 g/mol. The highest BCUT2D eigenvalue weighted by Crippen LogP contribution is 2.39. The minimum atomic E-state index is -2.47. The number of aromatic nitrogens is 2. The zero-order valence-electron chi connectivity index (χ0n) is 16.5. The van der Waals surface area contributed by atoms with Crippen LogP contribution in [0.5, 0.6) is 5.75 Å². The topological polar surface area (TPSA) is 76.1 Å². The van der Waals surface area contributed by atoms with E-state index in [1.807, 2.05) is 30.3 Å². The van der Waals surface area contributed by atoms with E-state index in [4.69, 9.17) is 16.3 Å². The van der Waals surface area contributed by atoms with Crippen molar-refractivity contribution in [1.82, 2.24) is 9.97 Å². The molecule has 0 aliphatic carbocycles. The fraction of sp³-hybridized carbons (Fsp3) is 0.200. The summed E-state index contributed by atoms with van der Waals surface area (Å²) in [6, 6.07) is 11.5. The molecule has 2 N–H and O–H groups in total. The maximum atomic E-state index is 12.6. The normalized spacial score (nSPS) is 12.9. The van der Waals surface area contributed by atoms with Crippen molar-refractivity contribution in [2.24, 2.45) is 0 Å². The number of para-hydroxylation sites is 1. The summed E-state index contributed by atoms with van der Waals surface area (Å²) in [5.74, 6) is 1.68. The number of rotatable bonds is 5. The van der Waals surface area contributed by atoms with Gasteiger partial charge in [0.1, 0.15) is 25.8 Å². The minimum absolute atomic E-state index is 0.373. The molecule has 2 aromatic carbocycles. The maximum Gasteiger partial charge on any atom is 0.229 e. The van der Waals surface area contributed by atoms with Crippen molar-refractivity contribution >= 4 is 60.5 Å². The van der Waals surface area contributed by atoms with Crippen LogP contribution in [0.15, 0.2) is 42.6 Å². The van der Waals surface area contributed by atoms with Crippen LogP contribution in [0.1, 0.15) is 5.56 Å². The Kier molecular flexibility index (Phi) is 5.28. The van der Waals surface area contributed by atoms with Crippen molar-refractivity contribution in [2.45, 2.75) is 6.42 Å². The second-order valence-electron chi connectivity index (χ2n) is 7.34. The second-order valence-corrected chi connectivity index (χ2v) is 10.9. The third-order valence-corrected chi connectivity index (χ3v) is 6.65. The quantitative estimate of drug-likeness (QED) is 0.482. The number of benzene rings is 2. The molecule has 0 amide bonds. The number of hydrogen-bond acceptors (Lipinski definition) is 6. The molecule has 0 unspecified atom stereocenters. The van der Waals surface area contributed by atoms with Crippen LogP contribution in [-0.4, -0.2) is 37.8 Å². The zero-order valence-corrected chi connectivity index (χ0v) is 18.1. The lowest BCUT2D eigenvalue weighted by molar-refractivity contribution is 0.358. The van der Waals surface area contributed by atoms with Crippen LogP contribution in [0.25, 0.3) is 0 Å². The monoisotopic (exact) mass is 426 g/mol. The minimum Gasteiger partial charge on any atom is -0.491 e. The van der Waals surface area contributed by atoms with Gasteiger partial charge in [0.25, 0.3) is 0 Å². The molecule has 0 saturated carbocycles. The number of nitrogens with zero attached hydrogens (tertiary/aromatic N) is 2. The average molecular weight is 427 g/mol. The molecule has 0 bridgehead atoms. The van der Waals surface area contributed by atoms with Crippen LogP contribution in [0.2, 0.25) is 5.02 Å². The molecule has 3 aromatic rings. The van der Waals surface area contributed by atoms with Gasteiger partial charge in [-0.2, -0.15) is 4.98 Å². The van der Waals surface area contributed by atoms with E-state index in [-0.39, 0.29) is 0 Å². The van der Waals surface area contributed by atoms with Gasteiger partial charge >= 0.3 is 0 Å². The molecule has 0 fully saturated rings. The van der Waals surface area contributed by atoms with Crippen LogP contribution in [0.3, 0.4) is 0 Å². The summed E-state index contributed by atoms with van der Waals surface area (Å²) in [4.78, 5) is 8.81. The van der Waals surface area contributed by atoms with Crippen molar-refractivity contribution in [3.8, 4) is 5.75 Å². The predicted molar refractivity (Wildman–Crippen MR) is 123 cm³/mol. The molecule has 148 valence electrons. The Morgan fingerprint density at radius 2 is 1.93 bits per heavy atom. The fourth-order valence-electron chi connectivity index (χ4n) is 3.37. The van der Waals surface area contributed by atoms with Gasteiger partial charge in [-0.3, -0.25) is 0 Å². The van der Waals surface area contributed by atoms with Crippen LogP contribution in [-0.2, 0) is 11.0 Å². The second kappa shape index (κ2) is 7.73. The Bertz CT molecular complexity index is 1140. The van der Waals surface area contributed by atoms with Gasteiger partial charge in [-0.15, -0.1) is 0 Å². The van der Waals surface area contributed by atoms with E-state index in [1.165, 1.54) is 17.2 Å². The van der Waals surface area contributed by atoms with Crippen LogP contribution in [0.4, 0.5) is 23.1 Å². The summed E-state index contributed by atoms with van der Waals surface area (Å²) >= 11 is 6.32. The average Bonchev–Trinajstić information content (AvgIpc) is 3.17. The summed E-state index contributed by atoms with van der Waals surface area (Å²) in [6.45, 7) is 4.15. The van der Waals surface area contributed by atoms with Crippen LogP contribution < -0.4 is 26.1 Å². The molecular formula is C20H21BClN4O2P. The fourth-order valence-corrected chi connectivity index (χ4v) is 4.66. The van der Waals surface area contributed by atoms with E-state index in [2.05, 4.69) is 34.5 Å². The Balaban J connectivity index is 1.65. The van der Waals surface area contributed by atoms with Crippen molar-refractivity contribution in [1.29, 1.82) is 0 Å². The van der Waals surface area contributed by atoms with E-state index in [0.717, 1.165) is 23.2 Å². The Labute approximate surface area is 175 Å². The standard InChI is InChI=1S/C20H21BClN4O2P/c1-29(2,27)17-6-4-3-5-15(17)24-19-14(22)11-23-20(26-19)25-16-8-7-13(21)12-9-10-28-18(12)16/h3-8,11H,9-10,21H2,1-2H3,(H2,23,24,25,26). The molecule has 29 heavy (non-hydrogen) atoms. The Hall–Kier alpha value is -2.50. The van der Waals surface area contributed by atoms with E-state index < -0.39 is 7.14 Å². The third kappa shape index (κ3) is 4.12. The first-order chi connectivity index (χ1) is 13.8. The molecule has 0 radical (unpaired) electrons. The number of ether oxygens (including phenoxy) is 1. The van der Waals surface area contributed by atoms with Gasteiger partial charge in [0.2, 0.25) is 5.95 Å². The highest BCUT2D eigenvalue weighted by molar-refractivity contribution is 7.70.